The summed E-state index contributed by atoms with van der Waals surface area (Å²) in [5.74, 6) is 1.11. The molecule has 0 saturated carbocycles. The number of carbonyl (C=O) groups excluding carboxylic acids is 1. The number of hydrogen-bond donors (Lipinski definition) is 0. The number of rotatable bonds is 9. The van der Waals surface area contributed by atoms with Crippen molar-refractivity contribution < 1.29 is 14.3 Å². The molecule has 2 heterocycles. The normalized spacial score (nSPS) is 10.5. The number of aromatic nitrogens is 2. The zero-order valence-electron chi connectivity index (χ0n) is 18.3. The molecule has 4 rings (SSSR count). The van der Waals surface area contributed by atoms with E-state index in [0.717, 1.165) is 17.1 Å². The Kier molecular flexibility index (Phi) is 6.86. The lowest BCUT2D eigenvalue weighted by molar-refractivity contribution is 0.0987. The molecule has 1 amide bonds. The number of carbonyl (C=O) groups is 1. The average Bonchev–Trinajstić information content (AvgIpc) is 3.27. The van der Waals surface area contributed by atoms with Gasteiger partial charge in [-0.15, -0.1) is 0 Å². The predicted octanol–water partition coefficient (Wildman–Crippen LogP) is 4.87. The van der Waals surface area contributed by atoms with Crippen molar-refractivity contribution in [1.29, 1.82) is 5.26 Å². The molecule has 7 nitrogen and oxygen atoms in total. The third-order valence-electron chi connectivity index (χ3n) is 5.03. The first-order valence-electron chi connectivity index (χ1n) is 10.7. The highest BCUT2D eigenvalue weighted by atomic mass is 16.5. The van der Waals surface area contributed by atoms with Gasteiger partial charge in [-0.05, 0) is 61.5 Å². The molecular formula is C26H24N4O3. The second-order valence-electron chi connectivity index (χ2n) is 7.31. The molecule has 0 aliphatic rings. The number of fused-ring (bicyclic) bond motifs is 1. The summed E-state index contributed by atoms with van der Waals surface area (Å²) in [6.45, 7) is 3.06. The summed E-state index contributed by atoms with van der Waals surface area (Å²) >= 11 is 0. The van der Waals surface area contributed by atoms with E-state index in [1.165, 1.54) is 0 Å². The van der Waals surface area contributed by atoms with Crippen LogP contribution in [-0.2, 0) is 6.61 Å². The summed E-state index contributed by atoms with van der Waals surface area (Å²) in [6.07, 6.45) is 4.07. The van der Waals surface area contributed by atoms with E-state index in [4.69, 9.17) is 14.7 Å². The monoisotopic (exact) mass is 440 g/mol. The van der Waals surface area contributed by atoms with Crippen molar-refractivity contribution in [3.05, 3.63) is 90.4 Å². The van der Waals surface area contributed by atoms with E-state index in [1.807, 2.05) is 72.2 Å². The maximum Gasteiger partial charge on any atom is 0.258 e. The number of hydrogen-bond acceptors (Lipinski definition) is 5. The van der Waals surface area contributed by atoms with Crippen molar-refractivity contribution in [3.8, 4) is 17.6 Å². The molecule has 2 aromatic heterocycles. The van der Waals surface area contributed by atoms with Crippen LogP contribution in [-0.4, -0.2) is 28.4 Å². The minimum Gasteiger partial charge on any atom is -0.494 e. The number of amides is 1. The Labute approximate surface area is 192 Å². The summed E-state index contributed by atoms with van der Waals surface area (Å²) in [5, 5.41) is 9.07. The summed E-state index contributed by atoms with van der Waals surface area (Å²) < 4.78 is 13.3. The molecule has 0 atom stereocenters. The standard InChI is InChI=1S/C26H24N4O3/c1-2-32-23-12-10-22(11-13-23)30(16-6-14-27)26(31)20-7-5-8-24(17-20)33-19-21-18-29-15-4-3-9-25(29)28-21/h3-5,7-13,15,17-18H,2,6,16,19H2,1H3. The zero-order chi connectivity index (χ0) is 23.0. The molecule has 2 aromatic carbocycles. The van der Waals surface area contributed by atoms with Crippen molar-refractivity contribution >= 4 is 17.2 Å². The number of nitriles is 1. The Morgan fingerprint density at radius 2 is 1.91 bits per heavy atom. The van der Waals surface area contributed by atoms with Crippen molar-refractivity contribution in [2.24, 2.45) is 0 Å². The first-order chi connectivity index (χ1) is 16.2. The van der Waals surface area contributed by atoms with Crippen LogP contribution in [0.5, 0.6) is 11.5 Å². The molecule has 0 saturated heterocycles. The summed E-state index contributed by atoms with van der Waals surface area (Å²) in [4.78, 5) is 19.4. The largest absolute Gasteiger partial charge is 0.494 e. The lowest BCUT2D eigenvalue weighted by Gasteiger charge is -2.22. The third-order valence-corrected chi connectivity index (χ3v) is 5.03. The Hall–Kier alpha value is -4.31. The van der Waals surface area contributed by atoms with Gasteiger partial charge in [-0.25, -0.2) is 4.98 Å². The van der Waals surface area contributed by atoms with Crippen LogP contribution in [0.4, 0.5) is 5.69 Å². The van der Waals surface area contributed by atoms with E-state index < -0.39 is 0 Å². The Morgan fingerprint density at radius 3 is 2.67 bits per heavy atom. The molecule has 0 aliphatic carbocycles. The lowest BCUT2D eigenvalue weighted by Crippen LogP contribution is -2.31. The van der Waals surface area contributed by atoms with Gasteiger partial charge >= 0.3 is 0 Å². The molecule has 0 fully saturated rings. The van der Waals surface area contributed by atoms with Crippen LogP contribution >= 0.6 is 0 Å². The molecule has 4 aromatic rings. The van der Waals surface area contributed by atoms with Gasteiger partial charge in [0.25, 0.3) is 5.91 Å². The number of anilines is 1. The van der Waals surface area contributed by atoms with Crippen molar-refractivity contribution in [2.45, 2.75) is 20.0 Å². The van der Waals surface area contributed by atoms with Gasteiger partial charge < -0.3 is 18.8 Å². The van der Waals surface area contributed by atoms with Gasteiger partial charge in [0.1, 0.15) is 23.8 Å². The molecule has 0 spiro atoms. The Bertz CT molecular complexity index is 1240. The lowest BCUT2D eigenvalue weighted by atomic mass is 10.1. The first kappa shape index (κ1) is 21.9. The molecule has 33 heavy (non-hydrogen) atoms. The maximum atomic E-state index is 13.3. The minimum absolute atomic E-state index is 0.201. The van der Waals surface area contributed by atoms with Crippen LogP contribution in [0.15, 0.2) is 79.1 Å². The quantitative estimate of drug-likeness (QED) is 0.371. The van der Waals surface area contributed by atoms with Crippen LogP contribution in [0.25, 0.3) is 5.65 Å². The molecule has 0 aliphatic heterocycles. The fourth-order valence-corrected chi connectivity index (χ4v) is 3.49. The Balaban J connectivity index is 1.50. The van der Waals surface area contributed by atoms with Crippen LogP contribution in [0.1, 0.15) is 29.4 Å². The van der Waals surface area contributed by atoms with Gasteiger partial charge in [0.05, 0.1) is 24.8 Å². The van der Waals surface area contributed by atoms with E-state index in [-0.39, 0.29) is 25.5 Å². The zero-order valence-corrected chi connectivity index (χ0v) is 18.3. The fraction of sp³-hybridized carbons (Fsp3) is 0.192. The van der Waals surface area contributed by atoms with Gasteiger partial charge in [-0.3, -0.25) is 4.79 Å². The first-order valence-corrected chi connectivity index (χ1v) is 10.7. The van der Waals surface area contributed by atoms with E-state index in [0.29, 0.717) is 23.6 Å². The minimum atomic E-state index is -0.201. The second-order valence-corrected chi connectivity index (χ2v) is 7.31. The highest BCUT2D eigenvalue weighted by Gasteiger charge is 2.18. The highest BCUT2D eigenvalue weighted by Crippen LogP contribution is 2.23. The van der Waals surface area contributed by atoms with Gasteiger partial charge in [-0.2, -0.15) is 5.26 Å². The molecule has 0 bridgehead atoms. The number of benzene rings is 2. The number of nitrogens with zero attached hydrogens (tertiary/aromatic N) is 4. The van der Waals surface area contributed by atoms with Gasteiger partial charge in [0, 0.05) is 30.2 Å². The average molecular weight is 441 g/mol. The molecule has 166 valence electrons. The van der Waals surface area contributed by atoms with Crippen molar-refractivity contribution in [3.63, 3.8) is 0 Å². The third kappa shape index (κ3) is 5.31. The van der Waals surface area contributed by atoms with E-state index in [9.17, 15) is 4.79 Å². The van der Waals surface area contributed by atoms with E-state index in [2.05, 4.69) is 11.1 Å². The molecule has 7 heteroatoms. The fourth-order valence-electron chi connectivity index (χ4n) is 3.49. The van der Waals surface area contributed by atoms with Crippen LogP contribution in [0.3, 0.4) is 0 Å². The Morgan fingerprint density at radius 1 is 1.06 bits per heavy atom. The number of pyridine rings is 1. The van der Waals surface area contributed by atoms with Crippen LogP contribution < -0.4 is 14.4 Å². The van der Waals surface area contributed by atoms with Crippen LogP contribution in [0.2, 0.25) is 0 Å². The molecular weight excluding hydrogens is 416 g/mol. The highest BCUT2D eigenvalue weighted by molar-refractivity contribution is 6.06. The smallest absolute Gasteiger partial charge is 0.258 e. The van der Waals surface area contributed by atoms with Gasteiger partial charge in [0.2, 0.25) is 0 Å². The maximum absolute atomic E-state index is 13.3. The molecule has 0 N–H and O–H groups in total. The number of imidazole rings is 1. The van der Waals surface area contributed by atoms with Crippen molar-refractivity contribution in [2.75, 3.05) is 18.1 Å². The van der Waals surface area contributed by atoms with E-state index in [1.54, 1.807) is 23.1 Å². The summed E-state index contributed by atoms with van der Waals surface area (Å²) in [5.41, 5.74) is 2.83. The van der Waals surface area contributed by atoms with Gasteiger partial charge in [-0.1, -0.05) is 12.1 Å². The van der Waals surface area contributed by atoms with E-state index >= 15 is 0 Å². The molecule has 0 unspecified atom stereocenters. The summed E-state index contributed by atoms with van der Waals surface area (Å²) in [6, 6.07) is 22.3. The second kappa shape index (κ2) is 10.3. The summed E-state index contributed by atoms with van der Waals surface area (Å²) in [7, 11) is 0. The van der Waals surface area contributed by atoms with Crippen molar-refractivity contribution in [1.82, 2.24) is 9.38 Å². The molecule has 0 radical (unpaired) electrons. The SMILES string of the molecule is CCOc1ccc(N(CCC#N)C(=O)c2cccc(OCc3cn4ccccc4n3)c2)cc1. The van der Waals surface area contributed by atoms with Gasteiger partial charge in [0.15, 0.2) is 0 Å². The number of ether oxygens (including phenoxy) is 2. The predicted molar refractivity (Wildman–Crippen MR) is 125 cm³/mol. The topological polar surface area (TPSA) is 79.9 Å². The van der Waals surface area contributed by atoms with Crippen LogP contribution in [0, 0.1) is 11.3 Å².